The fourth-order valence-corrected chi connectivity index (χ4v) is 3.90. The first kappa shape index (κ1) is 21.4. The van der Waals surface area contributed by atoms with E-state index in [0.29, 0.717) is 22.8 Å². The van der Waals surface area contributed by atoms with E-state index >= 15 is 0 Å². The Morgan fingerprint density at radius 3 is 2.59 bits per heavy atom. The van der Waals surface area contributed by atoms with E-state index in [1.807, 2.05) is 32.9 Å². The zero-order valence-electron chi connectivity index (χ0n) is 16.3. The van der Waals surface area contributed by atoms with Crippen LogP contribution in [0.4, 0.5) is 0 Å². The molecular formula is C21H28O5S. The minimum absolute atomic E-state index is 0.152. The molecule has 0 aliphatic rings. The molecule has 148 valence electrons. The molecule has 1 heterocycles. The van der Waals surface area contributed by atoms with Gasteiger partial charge < -0.3 is 9.15 Å². The van der Waals surface area contributed by atoms with Gasteiger partial charge in [0.1, 0.15) is 5.58 Å². The van der Waals surface area contributed by atoms with E-state index in [4.69, 9.17) is 9.15 Å². The SMILES string of the molecule is CCC(C)(C)C(=O)OCCCCCCS(=O)c1cc(=O)oc2ccccc12. The molecule has 0 aliphatic carbocycles. The van der Waals surface area contributed by atoms with Crippen molar-refractivity contribution in [1.29, 1.82) is 0 Å². The van der Waals surface area contributed by atoms with Gasteiger partial charge in [0, 0.05) is 17.2 Å². The van der Waals surface area contributed by atoms with Crippen molar-refractivity contribution in [3.63, 3.8) is 0 Å². The van der Waals surface area contributed by atoms with Gasteiger partial charge in [0.05, 0.1) is 27.7 Å². The lowest BCUT2D eigenvalue weighted by Gasteiger charge is -2.20. The Kier molecular flexibility index (Phi) is 7.78. The number of rotatable bonds is 10. The molecule has 0 saturated heterocycles. The Morgan fingerprint density at radius 2 is 1.85 bits per heavy atom. The number of fused-ring (bicyclic) bond motifs is 1. The van der Waals surface area contributed by atoms with Crippen molar-refractivity contribution < 1.29 is 18.2 Å². The molecule has 2 rings (SSSR count). The topological polar surface area (TPSA) is 73.6 Å². The molecule has 2 aromatic rings. The summed E-state index contributed by atoms with van der Waals surface area (Å²) in [5.74, 6) is 0.344. The molecule has 0 radical (unpaired) electrons. The molecule has 0 amide bonds. The van der Waals surface area contributed by atoms with Crippen LogP contribution in [0.1, 0.15) is 52.9 Å². The Labute approximate surface area is 162 Å². The standard InChI is InChI=1S/C21H28O5S/c1-4-21(2,3)20(23)25-13-9-5-6-10-14-27(24)18-15-19(22)26-17-12-8-7-11-16(17)18/h7-8,11-12,15H,4-6,9-10,13-14H2,1-3H3. The molecule has 1 unspecified atom stereocenters. The van der Waals surface area contributed by atoms with E-state index in [9.17, 15) is 13.8 Å². The maximum atomic E-state index is 12.6. The minimum Gasteiger partial charge on any atom is -0.465 e. The van der Waals surface area contributed by atoms with Gasteiger partial charge >= 0.3 is 11.6 Å². The van der Waals surface area contributed by atoms with Crippen LogP contribution >= 0.6 is 0 Å². The fourth-order valence-electron chi connectivity index (χ4n) is 2.57. The van der Waals surface area contributed by atoms with Crippen molar-refractivity contribution in [2.45, 2.75) is 57.8 Å². The molecule has 0 fully saturated rings. The van der Waals surface area contributed by atoms with Crippen LogP contribution in [0.3, 0.4) is 0 Å². The largest absolute Gasteiger partial charge is 0.465 e. The molecule has 6 heteroatoms. The zero-order valence-corrected chi connectivity index (χ0v) is 17.1. The first-order valence-corrected chi connectivity index (χ1v) is 10.8. The molecule has 0 saturated carbocycles. The highest BCUT2D eigenvalue weighted by Crippen LogP contribution is 2.22. The van der Waals surface area contributed by atoms with Gasteiger partial charge in [0.2, 0.25) is 0 Å². The summed E-state index contributed by atoms with van der Waals surface area (Å²) in [6.07, 6.45) is 4.16. The highest BCUT2D eigenvalue weighted by molar-refractivity contribution is 7.85. The highest BCUT2D eigenvalue weighted by Gasteiger charge is 2.26. The lowest BCUT2D eigenvalue weighted by atomic mass is 9.91. The molecular weight excluding hydrogens is 364 g/mol. The minimum atomic E-state index is -1.24. The van der Waals surface area contributed by atoms with Crippen molar-refractivity contribution in [2.24, 2.45) is 5.41 Å². The van der Waals surface area contributed by atoms with Gasteiger partial charge in [-0.2, -0.15) is 0 Å². The quantitative estimate of drug-likeness (QED) is 0.339. The van der Waals surface area contributed by atoms with Crippen molar-refractivity contribution in [1.82, 2.24) is 0 Å². The number of benzene rings is 1. The number of carbonyl (C=O) groups is 1. The summed E-state index contributed by atoms with van der Waals surface area (Å²) in [4.78, 5) is 24.1. The van der Waals surface area contributed by atoms with Crippen LogP contribution in [0.25, 0.3) is 11.0 Å². The van der Waals surface area contributed by atoms with E-state index in [1.54, 1.807) is 12.1 Å². The van der Waals surface area contributed by atoms with Gasteiger partial charge in [-0.25, -0.2) is 4.79 Å². The van der Waals surface area contributed by atoms with Crippen LogP contribution in [-0.4, -0.2) is 22.5 Å². The summed E-state index contributed by atoms with van der Waals surface area (Å²) in [5, 5.41) is 0.723. The van der Waals surface area contributed by atoms with Crippen molar-refractivity contribution >= 4 is 27.7 Å². The number of para-hydroxylation sites is 1. The summed E-state index contributed by atoms with van der Waals surface area (Å²) < 4.78 is 23.0. The van der Waals surface area contributed by atoms with E-state index in [0.717, 1.165) is 37.5 Å². The molecule has 0 aliphatic heterocycles. The number of ether oxygens (including phenoxy) is 1. The lowest BCUT2D eigenvalue weighted by molar-refractivity contribution is -0.154. The van der Waals surface area contributed by atoms with Crippen LogP contribution in [0.5, 0.6) is 0 Å². The van der Waals surface area contributed by atoms with Crippen LogP contribution in [-0.2, 0) is 20.3 Å². The molecule has 0 N–H and O–H groups in total. The number of unbranched alkanes of at least 4 members (excludes halogenated alkanes) is 3. The molecule has 0 bridgehead atoms. The van der Waals surface area contributed by atoms with Gasteiger partial charge in [-0.15, -0.1) is 0 Å². The monoisotopic (exact) mass is 392 g/mol. The zero-order chi connectivity index (χ0) is 19.9. The molecule has 5 nitrogen and oxygen atoms in total. The summed E-state index contributed by atoms with van der Waals surface area (Å²) >= 11 is 0. The second-order valence-corrected chi connectivity index (χ2v) is 8.80. The third-order valence-electron chi connectivity index (χ3n) is 4.75. The van der Waals surface area contributed by atoms with E-state index < -0.39 is 21.8 Å². The van der Waals surface area contributed by atoms with E-state index in [1.165, 1.54) is 6.07 Å². The Morgan fingerprint density at radius 1 is 1.15 bits per heavy atom. The fraction of sp³-hybridized carbons (Fsp3) is 0.524. The summed E-state index contributed by atoms with van der Waals surface area (Å²) in [6.45, 7) is 6.17. The molecule has 0 spiro atoms. The molecule has 1 aromatic carbocycles. The summed E-state index contributed by atoms with van der Waals surface area (Å²) in [6, 6.07) is 8.47. The number of carbonyl (C=O) groups excluding carboxylic acids is 1. The lowest BCUT2D eigenvalue weighted by Crippen LogP contribution is -2.26. The van der Waals surface area contributed by atoms with E-state index in [-0.39, 0.29) is 5.97 Å². The van der Waals surface area contributed by atoms with Gasteiger partial charge in [0.25, 0.3) is 0 Å². The average Bonchev–Trinajstić information content (AvgIpc) is 2.66. The second-order valence-electron chi connectivity index (χ2n) is 7.26. The maximum absolute atomic E-state index is 12.6. The van der Waals surface area contributed by atoms with Gasteiger partial charge in [-0.3, -0.25) is 9.00 Å². The van der Waals surface area contributed by atoms with Crippen molar-refractivity contribution in [2.75, 3.05) is 12.4 Å². The number of esters is 1. The predicted octanol–water partition coefficient (Wildman–Crippen LogP) is 4.44. The summed E-state index contributed by atoms with van der Waals surface area (Å²) in [7, 11) is -1.24. The maximum Gasteiger partial charge on any atom is 0.337 e. The molecule has 1 atom stereocenters. The smallest absolute Gasteiger partial charge is 0.337 e. The van der Waals surface area contributed by atoms with Crippen LogP contribution in [0, 0.1) is 5.41 Å². The third kappa shape index (κ3) is 6.03. The Bertz CT molecular complexity index is 853. The van der Waals surface area contributed by atoms with Crippen LogP contribution < -0.4 is 5.63 Å². The number of hydrogen-bond donors (Lipinski definition) is 0. The average molecular weight is 393 g/mol. The van der Waals surface area contributed by atoms with E-state index in [2.05, 4.69) is 0 Å². The first-order chi connectivity index (χ1) is 12.8. The van der Waals surface area contributed by atoms with Gasteiger partial charge in [-0.05, 0) is 39.2 Å². The highest BCUT2D eigenvalue weighted by atomic mass is 32.2. The van der Waals surface area contributed by atoms with Crippen LogP contribution in [0.15, 0.2) is 44.4 Å². The van der Waals surface area contributed by atoms with Crippen molar-refractivity contribution in [3.05, 3.63) is 40.8 Å². The Hall–Kier alpha value is -1.95. The van der Waals surface area contributed by atoms with Crippen LogP contribution in [0.2, 0.25) is 0 Å². The molecule has 1 aromatic heterocycles. The predicted molar refractivity (Wildman–Crippen MR) is 107 cm³/mol. The number of hydrogen-bond acceptors (Lipinski definition) is 5. The molecule has 27 heavy (non-hydrogen) atoms. The third-order valence-corrected chi connectivity index (χ3v) is 6.24. The first-order valence-electron chi connectivity index (χ1n) is 9.43. The summed E-state index contributed by atoms with van der Waals surface area (Å²) in [5.41, 5.74) is -0.443. The Balaban J connectivity index is 1.75. The van der Waals surface area contributed by atoms with Crippen molar-refractivity contribution in [3.8, 4) is 0 Å². The van der Waals surface area contributed by atoms with Gasteiger partial charge in [0.15, 0.2) is 0 Å². The van der Waals surface area contributed by atoms with Gasteiger partial charge in [-0.1, -0.05) is 38.0 Å². The second kappa shape index (κ2) is 9.83. The normalized spacial score (nSPS) is 12.9.